The van der Waals surface area contributed by atoms with Crippen molar-refractivity contribution in [1.29, 1.82) is 0 Å². The fraction of sp³-hybridized carbons (Fsp3) is 0.600. The van der Waals surface area contributed by atoms with Gasteiger partial charge in [-0.1, -0.05) is 0 Å². The highest BCUT2D eigenvalue weighted by Gasteiger charge is 2.30. The molecule has 124 valence electrons. The van der Waals surface area contributed by atoms with Gasteiger partial charge < -0.3 is 20.3 Å². The number of aliphatic hydroxyl groups excluding tert-OH is 1. The Morgan fingerprint density at radius 2 is 2.13 bits per heavy atom. The van der Waals surface area contributed by atoms with Crippen molar-refractivity contribution in [3.05, 3.63) is 23.9 Å². The lowest BCUT2D eigenvalue weighted by molar-refractivity contribution is 0.0732. The van der Waals surface area contributed by atoms with Crippen molar-refractivity contribution in [2.75, 3.05) is 17.7 Å². The van der Waals surface area contributed by atoms with Crippen molar-refractivity contribution >= 4 is 11.8 Å². The first-order chi connectivity index (χ1) is 10.9. The Kier molecular flexibility index (Phi) is 4.16. The highest BCUT2D eigenvalue weighted by Crippen LogP contribution is 2.36. The van der Waals surface area contributed by atoms with Gasteiger partial charge in [0.25, 0.3) is 0 Å². The largest absolute Gasteiger partial charge is 0.393 e. The minimum absolute atomic E-state index is 0.220. The van der Waals surface area contributed by atoms with E-state index in [0.29, 0.717) is 12.6 Å². The van der Waals surface area contributed by atoms with Gasteiger partial charge >= 0.3 is 0 Å². The average Bonchev–Trinajstić information content (AvgIpc) is 2.91. The summed E-state index contributed by atoms with van der Waals surface area (Å²) in [6.07, 6.45) is 2.99. The summed E-state index contributed by atoms with van der Waals surface area (Å²) in [5, 5.41) is 17.6. The molecule has 0 unspecified atom stereocenters. The molecule has 2 aromatic rings. The Morgan fingerprint density at radius 3 is 2.78 bits per heavy atom. The number of hydrogen-bond donors (Lipinski definition) is 2. The lowest BCUT2D eigenvalue weighted by Gasteiger charge is -2.31. The topological polar surface area (TPSA) is 106 Å². The number of anilines is 2. The van der Waals surface area contributed by atoms with E-state index in [9.17, 15) is 5.11 Å². The van der Waals surface area contributed by atoms with E-state index in [1.807, 2.05) is 22.6 Å². The minimum Gasteiger partial charge on any atom is -0.393 e. The maximum absolute atomic E-state index is 9.48. The third-order valence-corrected chi connectivity index (χ3v) is 4.25. The lowest BCUT2D eigenvalue weighted by atomic mass is 9.80. The molecule has 3 rings (SSSR count). The van der Waals surface area contributed by atoms with E-state index in [1.165, 1.54) is 0 Å². The molecule has 2 aromatic heterocycles. The molecule has 23 heavy (non-hydrogen) atoms. The number of nitrogen functional groups attached to an aromatic ring is 1. The van der Waals surface area contributed by atoms with Gasteiger partial charge in [0.2, 0.25) is 5.95 Å². The standard InChI is InChI=1S/C15H23N7O/c1-9(2)22-8-17-20-14(22)7-21(3)13-6-12(18-15(16)19-13)10-4-11(23)5-10/h6,8-11,23H,4-5,7H2,1-3H3,(H2,16,18,19). The van der Waals surface area contributed by atoms with E-state index >= 15 is 0 Å². The van der Waals surface area contributed by atoms with Crippen LogP contribution < -0.4 is 10.6 Å². The zero-order chi connectivity index (χ0) is 16.6. The summed E-state index contributed by atoms with van der Waals surface area (Å²) in [6, 6.07) is 2.25. The molecular weight excluding hydrogens is 294 g/mol. The Hall–Kier alpha value is -2.22. The summed E-state index contributed by atoms with van der Waals surface area (Å²) in [4.78, 5) is 10.6. The van der Waals surface area contributed by atoms with Crippen LogP contribution in [0, 0.1) is 0 Å². The van der Waals surface area contributed by atoms with Crippen molar-refractivity contribution in [2.24, 2.45) is 0 Å². The van der Waals surface area contributed by atoms with E-state index in [1.54, 1.807) is 6.33 Å². The molecule has 1 fully saturated rings. The molecule has 0 bridgehead atoms. The van der Waals surface area contributed by atoms with Crippen molar-refractivity contribution in [2.45, 2.75) is 51.3 Å². The van der Waals surface area contributed by atoms with Gasteiger partial charge in [-0.3, -0.25) is 0 Å². The summed E-state index contributed by atoms with van der Waals surface area (Å²) in [5.74, 6) is 2.16. The Morgan fingerprint density at radius 1 is 1.39 bits per heavy atom. The van der Waals surface area contributed by atoms with Crippen LogP contribution in [-0.2, 0) is 6.54 Å². The van der Waals surface area contributed by atoms with Crippen LogP contribution in [0.25, 0.3) is 0 Å². The highest BCUT2D eigenvalue weighted by molar-refractivity contribution is 5.44. The normalized spacial score (nSPS) is 20.6. The molecule has 0 atom stereocenters. The van der Waals surface area contributed by atoms with Crippen LogP contribution in [0.3, 0.4) is 0 Å². The van der Waals surface area contributed by atoms with Gasteiger partial charge in [-0.15, -0.1) is 10.2 Å². The molecule has 8 nitrogen and oxygen atoms in total. The summed E-state index contributed by atoms with van der Waals surface area (Å²) in [6.45, 7) is 4.77. The predicted molar refractivity (Wildman–Crippen MR) is 86.9 cm³/mol. The van der Waals surface area contributed by atoms with Crippen LogP contribution in [0.4, 0.5) is 11.8 Å². The van der Waals surface area contributed by atoms with Crippen molar-refractivity contribution in [3.63, 3.8) is 0 Å². The van der Waals surface area contributed by atoms with E-state index in [0.717, 1.165) is 30.2 Å². The molecule has 1 aliphatic carbocycles. The Balaban J connectivity index is 1.79. The molecule has 0 radical (unpaired) electrons. The van der Waals surface area contributed by atoms with Crippen LogP contribution >= 0.6 is 0 Å². The molecular formula is C15H23N7O. The molecule has 0 aromatic carbocycles. The van der Waals surface area contributed by atoms with Gasteiger partial charge in [0.15, 0.2) is 5.82 Å². The quantitative estimate of drug-likeness (QED) is 0.850. The summed E-state index contributed by atoms with van der Waals surface area (Å²) in [7, 11) is 1.94. The van der Waals surface area contributed by atoms with Gasteiger partial charge in [-0.2, -0.15) is 4.98 Å². The third-order valence-electron chi connectivity index (χ3n) is 4.25. The van der Waals surface area contributed by atoms with Gasteiger partial charge in [-0.25, -0.2) is 4.98 Å². The average molecular weight is 317 g/mol. The van der Waals surface area contributed by atoms with Gasteiger partial charge in [0.1, 0.15) is 12.1 Å². The second kappa shape index (κ2) is 6.11. The predicted octanol–water partition coefficient (Wildman–Crippen LogP) is 1.11. The molecule has 0 amide bonds. The zero-order valence-corrected chi connectivity index (χ0v) is 13.7. The number of rotatable bonds is 5. The maximum atomic E-state index is 9.48. The molecule has 0 aliphatic heterocycles. The highest BCUT2D eigenvalue weighted by atomic mass is 16.3. The van der Waals surface area contributed by atoms with Crippen molar-refractivity contribution < 1.29 is 5.11 Å². The minimum atomic E-state index is -0.220. The van der Waals surface area contributed by atoms with Gasteiger partial charge in [-0.05, 0) is 26.7 Å². The first-order valence-electron chi connectivity index (χ1n) is 7.86. The molecule has 0 spiro atoms. The number of nitrogens with zero attached hydrogens (tertiary/aromatic N) is 6. The molecule has 2 heterocycles. The van der Waals surface area contributed by atoms with Gasteiger partial charge in [0, 0.05) is 25.1 Å². The number of aliphatic hydroxyl groups is 1. The SMILES string of the molecule is CC(C)n1cnnc1CN(C)c1cc(C2CC(O)C2)nc(N)n1. The van der Waals surface area contributed by atoms with Crippen LogP contribution in [0.5, 0.6) is 0 Å². The number of hydrogen-bond acceptors (Lipinski definition) is 7. The van der Waals surface area contributed by atoms with Crippen LogP contribution in [0.2, 0.25) is 0 Å². The maximum Gasteiger partial charge on any atom is 0.222 e. The van der Waals surface area contributed by atoms with Crippen LogP contribution in [0.15, 0.2) is 12.4 Å². The zero-order valence-electron chi connectivity index (χ0n) is 13.7. The summed E-state index contributed by atoms with van der Waals surface area (Å²) < 4.78 is 2.03. The fourth-order valence-corrected chi connectivity index (χ4v) is 2.81. The van der Waals surface area contributed by atoms with E-state index in [-0.39, 0.29) is 18.0 Å². The van der Waals surface area contributed by atoms with E-state index in [2.05, 4.69) is 34.0 Å². The smallest absolute Gasteiger partial charge is 0.222 e. The Labute approximate surface area is 135 Å². The summed E-state index contributed by atoms with van der Waals surface area (Å²) >= 11 is 0. The van der Waals surface area contributed by atoms with Crippen molar-refractivity contribution in [3.8, 4) is 0 Å². The summed E-state index contributed by atoms with van der Waals surface area (Å²) in [5.41, 5.74) is 6.75. The molecule has 8 heteroatoms. The van der Waals surface area contributed by atoms with Crippen molar-refractivity contribution in [1.82, 2.24) is 24.7 Å². The second-order valence-electron chi connectivity index (χ2n) is 6.44. The molecule has 1 aliphatic rings. The first kappa shape index (κ1) is 15.7. The fourth-order valence-electron chi connectivity index (χ4n) is 2.81. The monoisotopic (exact) mass is 317 g/mol. The van der Waals surface area contributed by atoms with Gasteiger partial charge in [0.05, 0.1) is 18.3 Å². The second-order valence-corrected chi connectivity index (χ2v) is 6.44. The lowest BCUT2D eigenvalue weighted by Crippen LogP contribution is -2.28. The molecule has 1 saturated carbocycles. The molecule has 3 N–H and O–H groups in total. The van der Waals surface area contributed by atoms with Crippen LogP contribution in [-0.4, -0.2) is 43.0 Å². The number of nitrogens with two attached hydrogens (primary N) is 1. The first-order valence-corrected chi connectivity index (χ1v) is 7.86. The Bertz CT molecular complexity index is 678. The molecule has 0 saturated heterocycles. The van der Waals surface area contributed by atoms with Crippen LogP contribution in [0.1, 0.15) is 50.2 Å². The third kappa shape index (κ3) is 3.26. The van der Waals surface area contributed by atoms with E-state index < -0.39 is 0 Å². The van der Waals surface area contributed by atoms with E-state index in [4.69, 9.17) is 5.73 Å². The number of aromatic nitrogens is 5.